The number of carbonyl (C=O) groups excluding carboxylic acids is 1. The Balaban J connectivity index is 2.02. The number of urea groups is 1. The van der Waals surface area contributed by atoms with E-state index in [4.69, 9.17) is 14.6 Å². The van der Waals surface area contributed by atoms with Crippen LogP contribution in [0.5, 0.6) is 11.5 Å². The van der Waals surface area contributed by atoms with E-state index in [-0.39, 0.29) is 11.4 Å². The van der Waals surface area contributed by atoms with Crippen LogP contribution in [0.3, 0.4) is 0 Å². The smallest absolute Gasteiger partial charge is 0.319 e. The number of ether oxygens (including phenoxy) is 2. The van der Waals surface area contributed by atoms with Crippen molar-refractivity contribution in [3.8, 4) is 11.5 Å². The molecule has 0 bridgehead atoms. The van der Waals surface area contributed by atoms with Gasteiger partial charge in [-0.1, -0.05) is 18.2 Å². The third kappa shape index (κ3) is 4.85. The van der Waals surface area contributed by atoms with Crippen LogP contribution in [0.2, 0.25) is 0 Å². The van der Waals surface area contributed by atoms with Crippen molar-refractivity contribution in [3.63, 3.8) is 0 Å². The third-order valence-electron chi connectivity index (χ3n) is 3.37. The van der Waals surface area contributed by atoms with Crippen LogP contribution in [-0.2, 0) is 16.6 Å². The number of amides is 2. The minimum absolute atomic E-state index is 0.0134. The van der Waals surface area contributed by atoms with Crippen molar-refractivity contribution in [1.82, 2.24) is 5.32 Å². The minimum Gasteiger partial charge on any atom is -0.494 e. The molecule has 0 aromatic heterocycles. The number of nitrogens with two attached hydrogens (primary N) is 1. The fourth-order valence-corrected chi connectivity index (χ4v) is 2.63. The fourth-order valence-electron chi connectivity index (χ4n) is 2.11. The average Bonchev–Trinajstić information content (AvgIpc) is 2.59. The first-order valence-corrected chi connectivity index (χ1v) is 8.77. The first kappa shape index (κ1) is 18.6. The maximum atomic E-state index is 12.1. The van der Waals surface area contributed by atoms with Crippen molar-refractivity contribution in [3.05, 3.63) is 48.0 Å². The molecular formula is C16H19N3O5S. The maximum absolute atomic E-state index is 12.1. The van der Waals surface area contributed by atoms with Crippen molar-refractivity contribution >= 4 is 21.7 Å². The number of benzene rings is 2. The van der Waals surface area contributed by atoms with Gasteiger partial charge < -0.3 is 20.1 Å². The molecule has 9 heteroatoms. The standard InChI is InChI=1S/C16H19N3O5S/c1-23-13-4-3-5-14(24-2)15(13)19-16(20)18-10-11-6-8-12(9-7-11)25(17,21)22/h3-9H,10H2,1-2H3,(H2,17,21,22)(H2,18,19,20). The number of para-hydroxylation sites is 1. The molecule has 0 saturated carbocycles. The van der Waals surface area contributed by atoms with Crippen molar-refractivity contribution < 1.29 is 22.7 Å². The Bertz CT molecular complexity index is 828. The Kier molecular flexibility index (Phi) is 5.84. The van der Waals surface area contributed by atoms with Gasteiger partial charge in [-0.25, -0.2) is 18.4 Å². The molecule has 2 aromatic rings. The molecule has 0 fully saturated rings. The van der Waals surface area contributed by atoms with E-state index >= 15 is 0 Å². The van der Waals surface area contributed by atoms with Gasteiger partial charge in [0.15, 0.2) is 0 Å². The monoisotopic (exact) mass is 365 g/mol. The highest BCUT2D eigenvalue weighted by Gasteiger charge is 2.13. The SMILES string of the molecule is COc1cccc(OC)c1NC(=O)NCc1ccc(S(N)(=O)=O)cc1. The number of rotatable bonds is 6. The normalized spacial score (nSPS) is 10.8. The van der Waals surface area contributed by atoms with E-state index in [0.29, 0.717) is 17.2 Å². The summed E-state index contributed by atoms with van der Waals surface area (Å²) in [5.74, 6) is 0.930. The van der Waals surface area contributed by atoms with Crippen LogP contribution in [0.15, 0.2) is 47.4 Å². The van der Waals surface area contributed by atoms with Gasteiger partial charge in [-0.15, -0.1) is 0 Å². The van der Waals surface area contributed by atoms with Gasteiger partial charge in [0.1, 0.15) is 17.2 Å². The molecule has 2 aromatic carbocycles. The molecule has 134 valence electrons. The van der Waals surface area contributed by atoms with Gasteiger partial charge in [0.2, 0.25) is 10.0 Å². The molecule has 0 heterocycles. The summed E-state index contributed by atoms with van der Waals surface area (Å²) in [6.45, 7) is 0.203. The molecule has 4 N–H and O–H groups in total. The lowest BCUT2D eigenvalue weighted by Crippen LogP contribution is -2.28. The van der Waals surface area contributed by atoms with Crippen molar-refractivity contribution in [1.29, 1.82) is 0 Å². The molecule has 25 heavy (non-hydrogen) atoms. The molecule has 0 aliphatic heterocycles. The molecule has 2 rings (SSSR count). The highest BCUT2D eigenvalue weighted by atomic mass is 32.2. The first-order chi connectivity index (χ1) is 11.8. The molecule has 2 amide bonds. The largest absolute Gasteiger partial charge is 0.494 e. The third-order valence-corrected chi connectivity index (χ3v) is 4.30. The Morgan fingerprint density at radius 1 is 1.04 bits per heavy atom. The first-order valence-electron chi connectivity index (χ1n) is 7.22. The molecule has 0 saturated heterocycles. The molecule has 0 atom stereocenters. The highest BCUT2D eigenvalue weighted by molar-refractivity contribution is 7.89. The summed E-state index contributed by atoms with van der Waals surface area (Å²) in [5, 5.41) is 10.4. The van der Waals surface area contributed by atoms with Gasteiger partial charge in [0.05, 0.1) is 19.1 Å². The summed E-state index contributed by atoms with van der Waals surface area (Å²) < 4.78 is 32.8. The summed E-state index contributed by atoms with van der Waals surface area (Å²) in [6, 6.07) is 10.6. The predicted molar refractivity (Wildman–Crippen MR) is 93.2 cm³/mol. The lowest BCUT2D eigenvalue weighted by atomic mass is 10.2. The summed E-state index contributed by atoms with van der Waals surface area (Å²) in [4.78, 5) is 12.1. The molecule has 0 radical (unpaired) electrons. The Labute approximate surface area is 146 Å². The van der Waals surface area contributed by atoms with E-state index in [0.717, 1.165) is 5.56 Å². The number of nitrogens with one attached hydrogen (secondary N) is 2. The van der Waals surface area contributed by atoms with Crippen LogP contribution in [0, 0.1) is 0 Å². The highest BCUT2D eigenvalue weighted by Crippen LogP contribution is 2.33. The molecule has 0 spiro atoms. The topological polar surface area (TPSA) is 120 Å². The van der Waals surface area contributed by atoms with Crippen molar-refractivity contribution in [2.75, 3.05) is 19.5 Å². The number of hydrogen-bond donors (Lipinski definition) is 3. The van der Waals surface area contributed by atoms with Crippen molar-refractivity contribution in [2.45, 2.75) is 11.4 Å². The van der Waals surface area contributed by atoms with Gasteiger partial charge in [0.25, 0.3) is 0 Å². The summed E-state index contributed by atoms with van der Waals surface area (Å²) in [5.41, 5.74) is 1.13. The van der Waals surface area contributed by atoms with E-state index in [1.54, 1.807) is 30.3 Å². The maximum Gasteiger partial charge on any atom is 0.319 e. The molecule has 0 aliphatic carbocycles. The zero-order chi connectivity index (χ0) is 18.4. The van der Waals surface area contributed by atoms with Crippen LogP contribution in [-0.4, -0.2) is 28.7 Å². The van der Waals surface area contributed by atoms with Gasteiger partial charge in [-0.2, -0.15) is 0 Å². The van der Waals surface area contributed by atoms with Crippen LogP contribution in [0.1, 0.15) is 5.56 Å². The summed E-state index contributed by atoms with van der Waals surface area (Å²) in [6.07, 6.45) is 0. The number of sulfonamides is 1. The minimum atomic E-state index is -3.73. The molecule has 0 aliphatic rings. The van der Waals surface area contributed by atoms with Crippen LogP contribution in [0.25, 0.3) is 0 Å². The Morgan fingerprint density at radius 3 is 2.08 bits per heavy atom. The number of methoxy groups -OCH3 is 2. The average molecular weight is 365 g/mol. The summed E-state index contributed by atoms with van der Waals surface area (Å²) in [7, 11) is -0.752. The number of anilines is 1. The number of primary sulfonamides is 1. The molecule has 0 unspecified atom stereocenters. The second-order valence-corrected chi connectivity index (χ2v) is 6.60. The molecule has 8 nitrogen and oxygen atoms in total. The van der Waals surface area contributed by atoms with E-state index in [1.165, 1.54) is 26.4 Å². The molecular weight excluding hydrogens is 346 g/mol. The van der Waals surface area contributed by atoms with E-state index in [9.17, 15) is 13.2 Å². The Hall–Kier alpha value is -2.78. The van der Waals surface area contributed by atoms with E-state index < -0.39 is 16.1 Å². The van der Waals surface area contributed by atoms with Gasteiger partial charge >= 0.3 is 6.03 Å². The fraction of sp³-hybridized carbons (Fsp3) is 0.188. The van der Waals surface area contributed by atoms with Crippen LogP contribution in [0.4, 0.5) is 10.5 Å². The summed E-state index contributed by atoms with van der Waals surface area (Å²) >= 11 is 0. The zero-order valence-electron chi connectivity index (χ0n) is 13.8. The second-order valence-electron chi connectivity index (χ2n) is 5.03. The van der Waals surface area contributed by atoms with Crippen molar-refractivity contribution in [2.24, 2.45) is 5.14 Å². The van der Waals surface area contributed by atoms with Gasteiger partial charge in [-0.3, -0.25) is 0 Å². The lowest BCUT2D eigenvalue weighted by molar-refractivity contribution is 0.251. The Morgan fingerprint density at radius 2 is 1.60 bits per heavy atom. The van der Waals surface area contributed by atoms with Crippen LogP contribution < -0.4 is 25.2 Å². The quantitative estimate of drug-likeness (QED) is 0.719. The number of hydrogen-bond acceptors (Lipinski definition) is 5. The second kappa shape index (κ2) is 7.86. The predicted octanol–water partition coefficient (Wildman–Crippen LogP) is 1.67. The van der Waals surface area contributed by atoms with Gasteiger partial charge in [0, 0.05) is 6.54 Å². The van der Waals surface area contributed by atoms with E-state index in [2.05, 4.69) is 10.6 Å². The lowest BCUT2D eigenvalue weighted by Gasteiger charge is -2.14. The number of carbonyl (C=O) groups is 1. The van der Waals surface area contributed by atoms with E-state index in [1.807, 2.05) is 0 Å². The van der Waals surface area contributed by atoms with Gasteiger partial charge in [-0.05, 0) is 29.8 Å². The zero-order valence-corrected chi connectivity index (χ0v) is 14.6. The van der Waals surface area contributed by atoms with Crippen LogP contribution >= 0.6 is 0 Å².